The van der Waals surface area contributed by atoms with Crippen LogP contribution in [0.25, 0.3) is 0 Å². The van der Waals surface area contributed by atoms with Crippen LogP contribution in [-0.4, -0.2) is 58.9 Å². The Balaban J connectivity index is 1.35. The molecule has 1 saturated heterocycles. The number of hydrazone groups is 1. The van der Waals surface area contributed by atoms with E-state index >= 15 is 0 Å². The lowest BCUT2D eigenvalue weighted by Gasteiger charge is -2.24. The van der Waals surface area contributed by atoms with E-state index in [4.69, 9.17) is 9.47 Å². The van der Waals surface area contributed by atoms with E-state index in [2.05, 4.69) is 29.7 Å². The molecule has 1 aliphatic rings. The maximum atomic E-state index is 13.6. The van der Waals surface area contributed by atoms with E-state index in [-0.39, 0.29) is 29.4 Å². The van der Waals surface area contributed by atoms with Crippen molar-refractivity contribution in [3.8, 4) is 5.75 Å². The van der Waals surface area contributed by atoms with Gasteiger partial charge in [-0.15, -0.1) is 0 Å². The highest BCUT2D eigenvalue weighted by Crippen LogP contribution is 2.26. The number of nitrogens with zero attached hydrogens (tertiary/aromatic N) is 2. The van der Waals surface area contributed by atoms with Crippen molar-refractivity contribution in [2.24, 2.45) is 5.10 Å². The minimum absolute atomic E-state index is 0.0694. The first-order valence-electron chi connectivity index (χ1n) is 14.2. The molecule has 228 valence electrons. The maximum absolute atomic E-state index is 13.6. The molecule has 3 aromatic carbocycles. The van der Waals surface area contributed by atoms with Gasteiger partial charge in [-0.2, -0.15) is 5.10 Å². The molecular formula is C32H38N4O6S. The molecule has 2 N–H and O–H groups in total. The van der Waals surface area contributed by atoms with E-state index in [1.54, 1.807) is 48.5 Å². The molecule has 2 amide bonds. The third kappa shape index (κ3) is 9.13. The Bertz CT molecular complexity index is 1500. The predicted molar refractivity (Wildman–Crippen MR) is 166 cm³/mol. The van der Waals surface area contributed by atoms with Crippen LogP contribution in [0.5, 0.6) is 5.75 Å². The highest BCUT2D eigenvalue weighted by molar-refractivity contribution is 7.92. The fourth-order valence-electron chi connectivity index (χ4n) is 4.41. The van der Waals surface area contributed by atoms with Crippen molar-refractivity contribution in [2.45, 2.75) is 50.5 Å². The lowest BCUT2D eigenvalue weighted by molar-refractivity contribution is -0.123. The Morgan fingerprint density at radius 1 is 1.02 bits per heavy atom. The van der Waals surface area contributed by atoms with Crippen LogP contribution in [0.15, 0.2) is 82.8 Å². The maximum Gasteiger partial charge on any atom is 0.264 e. The number of ether oxygens (including phenoxy) is 2. The van der Waals surface area contributed by atoms with Crippen LogP contribution in [0.3, 0.4) is 0 Å². The number of benzene rings is 3. The Labute approximate surface area is 253 Å². The molecule has 10 nitrogen and oxygen atoms in total. The Morgan fingerprint density at radius 2 is 1.72 bits per heavy atom. The fraction of sp³-hybridized carbons (Fsp3) is 0.344. The standard InChI is InChI=1S/C32H38N4O6S/c1-23(2)26-10-12-27(13-11-26)36(43(39,40)30-16-6-24(3)7-17-30)21-31(37)35-34-19-25-8-14-28(15-9-25)42-22-32(38)33-20-29-5-4-18-41-29/h6-17,19,23,29H,4-5,18,20-22H2,1-3H3,(H,33,38)(H,35,37)/b34-19-/t29-/m1/s1. The summed E-state index contributed by atoms with van der Waals surface area (Å²) in [5, 5.41) is 6.80. The molecule has 3 aromatic rings. The summed E-state index contributed by atoms with van der Waals surface area (Å²) in [5.74, 6) is -0.0448. The summed E-state index contributed by atoms with van der Waals surface area (Å²) in [7, 11) is -4.03. The number of amides is 2. The number of rotatable bonds is 13. The second-order valence-corrected chi connectivity index (χ2v) is 12.5. The monoisotopic (exact) mass is 606 g/mol. The SMILES string of the molecule is Cc1ccc(S(=O)(=O)N(CC(=O)N/N=C\c2ccc(OCC(=O)NC[C@H]3CCCO3)cc2)c2ccc(C(C)C)cc2)cc1. The van der Waals surface area contributed by atoms with Gasteiger partial charge in [-0.25, -0.2) is 13.8 Å². The van der Waals surface area contributed by atoms with Crippen molar-refractivity contribution in [1.82, 2.24) is 10.7 Å². The van der Waals surface area contributed by atoms with E-state index in [1.165, 1.54) is 18.3 Å². The molecule has 0 spiro atoms. The molecule has 0 aliphatic carbocycles. The summed E-state index contributed by atoms with van der Waals surface area (Å²) >= 11 is 0. The van der Waals surface area contributed by atoms with Gasteiger partial charge in [-0.3, -0.25) is 13.9 Å². The smallest absolute Gasteiger partial charge is 0.264 e. The van der Waals surface area contributed by atoms with Gasteiger partial charge in [0, 0.05) is 13.2 Å². The highest BCUT2D eigenvalue weighted by atomic mass is 32.2. The zero-order chi connectivity index (χ0) is 30.8. The summed E-state index contributed by atoms with van der Waals surface area (Å²) in [4.78, 5) is 25.0. The van der Waals surface area contributed by atoms with Crippen LogP contribution in [0.4, 0.5) is 5.69 Å². The molecule has 11 heteroatoms. The summed E-state index contributed by atoms with van der Waals surface area (Å²) in [6.07, 6.45) is 3.46. The zero-order valence-corrected chi connectivity index (χ0v) is 25.5. The molecule has 1 fully saturated rings. The largest absolute Gasteiger partial charge is 0.484 e. The molecule has 0 radical (unpaired) electrons. The Kier molecular flexibility index (Phi) is 10.9. The second-order valence-electron chi connectivity index (χ2n) is 10.7. The van der Waals surface area contributed by atoms with Gasteiger partial charge in [-0.05, 0) is 85.3 Å². The van der Waals surface area contributed by atoms with E-state index in [9.17, 15) is 18.0 Å². The molecule has 0 saturated carbocycles. The number of carbonyl (C=O) groups excluding carboxylic acids is 2. The topological polar surface area (TPSA) is 126 Å². The second kappa shape index (κ2) is 14.8. The third-order valence-electron chi connectivity index (χ3n) is 6.95. The van der Waals surface area contributed by atoms with Gasteiger partial charge < -0.3 is 14.8 Å². The average molecular weight is 607 g/mol. The predicted octanol–water partition coefficient (Wildman–Crippen LogP) is 4.14. The summed E-state index contributed by atoms with van der Waals surface area (Å²) in [6.45, 7) is 6.61. The average Bonchev–Trinajstić information content (AvgIpc) is 3.52. The van der Waals surface area contributed by atoms with Gasteiger partial charge in [0.25, 0.3) is 21.8 Å². The van der Waals surface area contributed by atoms with Crippen molar-refractivity contribution in [3.63, 3.8) is 0 Å². The number of sulfonamides is 1. The van der Waals surface area contributed by atoms with Crippen molar-refractivity contribution >= 4 is 33.7 Å². The van der Waals surface area contributed by atoms with Crippen LogP contribution in [-0.2, 0) is 24.3 Å². The number of nitrogens with one attached hydrogen (secondary N) is 2. The first-order valence-corrected chi connectivity index (χ1v) is 15.7. The minimum atomic E-state index is -4.03. The minimum Gasteiger partial charge on any atom is -0.484 e. The van der Waals surface area contributed by atoms with Gasteiger partial charge in [0.05, 0.1) is 22.9 Å². The molecule has 0 aromatic heterocycles. The first kappa shape index (κ1) is 31.7. The van der Waals surface area contributed by atoms with Crippen LogP contribution in [0, 0.1) is 6.92 Å². The highest BCUT2D eigenvalue weighted by Gasteiger charge is 2.27. The van der Waals surface area contributed by atoms with Crippen molar-refractivity contribution in [1.29, 1.82) is 0 Å². The molecule has 43 heavy (non-hydrogen) atoms. The van der Waals surface area contributed by atoms with Crippen LogP contribution >= 0.6 is 0 Å². The molecule has 0 unspecified atom stereocenters. The van der Waals surface area contributed by atoms with Gasteiger partial charge in [-0.1, -0.05) is 43.7 Å². The number of hydrogen-bond donors (Lipinski definition) is 2. The number of carbonyl (C=O) groups is 2. The quantitative estimate of drug-likeness (QED) is 0.223. The first-order chi connectivity index (χ1) is 20.6. The van der Waals surface area contributed by atoms with E-state index in [0.717, 1.165) is 34.9 Å². The van der Waals surface area contributed by atoms with Gasteiger partial charge in [0.15, 0.2) is 6.61 Å². The van der Waals surface area contributed by atoms with Gasteiger partial charge >= 0.3 is 0 Å². The van der Waals surface area contributed by atoms with Crippen LogP contribution < -0.4 is 19.8 Å². The van der Waals surface area contributed by atoms with Gasteiger partial charge in [0.2, 0.25) is 0 Å². The van der Waals surface area contributed by atoms with Crippen molar-refractivity contribution in [2.75, 3.05) is 30.6 Å². The van der Waals surface area contributed by atoms with Gasteiger partial charge in [0.1, 0.15) is 12.3 Å². The molecular weight excluding hydrogens is 568 g/mol. The summed E-state index contributed by atoms with van der Waals surface area (Å²) in [5.41, 5.74) is 5.44. The normalized spacial score (nSPS) is 15.0. The number of aryl methyl sites for hydroxylation is 1. The van der Waals surface area contributed by atoms with E-state index < -0.39 is 22.5 Å². The van der Waals surface area contributed by atoms with Crippen molar-refractivity contribution in [3.05, 3.63) is 89.5 Å². The zero-order valence-electron chi connectivity index (χ0n) is 24.7. The molecule has 4 rings (SSSR count). The van der Waals surface area contributed by atoms with E-state index in [1.807, 2.05) is 19.1 Å². The molecule has 0 bridgehead atoms. The summed E-state index contributed by atoms with van der Waals surface area (Å²) in [6, 6.07) is 20.4. The number of anilines is 1. The lowest BCUT2D eigenvalue weighted by Crippen LogP contribution is -2.39. The molecule has 1 aliphatic heterocycles. The Hall–Kier alpha value is -4.22. The molecule has 1 heterocycles. The van der Waals surface area contributed by atoms with Crippen LogP contribution in [0.2, 0.25) is 0 Å². The summed E-state index contributed by atoms with van der Waals surface area (Å²) < 4.78 is 39.3. The fourth-order valence-corrected chi connectivity index (χ4v) is 5.83. The lowest BCUT2D eigenvalue weighted by atomic mass is 10.0. The Morgan fingerprint density at radius 3 is 2.35 bits per heavy atom. The van der Waals surface area contributed by atoms with Crippen molar-refractivity contribution < 1.29 is 27.5 Å². The third-order valence-corrected chi connectivity index (χ3v) is 8.74. The molecule has 1 atom stereocenters. The van der Waals surface area contributed by atoms with Crippen LogP contribution in [0.1, 0.15) is 49.3 Å². The number of hydrogen-bond acceptors (Lipinski definition) is 7. The van der Waals surface area contributed by atoms with E-state index in [0.29, 0.717) is 23.5 Å².